The average Bonchev–Trinajstić information content (AvgIpc) is 2.96. The van der Waals surface area contributed by atoms with Gasteiger partial charge in [0.15, 0.2) is 0 Å². The molecular weight excluding hydrogens is 268 g/mol. The summed E-state index contributed by atoms with van der Waals surface area (Å²) >= 11 is 0. The Balaban J connectivity index is 1.99. The molecule has 0 spiro atoms. The number of rotatable bonds is 3. The van der Waals surface area contributed by atoms with E-state index in [4.69, 9.17) is 4.74 Å². The lowest BCUT2D eigenvalue weighted by atomic mass is 9.87. The number of ether oxygens (including phenoxy) is 1. The molecular formula is C16H18N2O3. The quantitative estimate of drug-likeness (QED) is 0.695. The molecule has 0 bridgehead atoms. The third-order valence-corrected chi connectivity index (χ3v) is 3.87. The Kier molecular flexibility index (Phi) is 3.68. The second-order valence-corrected chi connectivity index (χ2v) is 5.09. The van der Waals surface area contributed by atoms with Crippen molar-refractivity contribution in [3.05, 3.63) is 53.6 Å². The second-order valence-electron chi connectivity index (χ2n) is 5.09. The first-order valence-corrected chi connectivity index (χ1v) is 6.84. The smallest absolute Gasteiger partial charge is 0.124 e. The van der Waals surface area contributed by atoms with Gasteiger partial charge in [-0.2, -0.15) is 0 Å². The molecule has 0 aromatic heterocycles. The molecule has 0 saturated carbocycles. The zero-order valence-electron chi connectivity index (χ0n) is 11.7. The van der Waals surface area contributed by atoms with Crippen molar-refractivity contribution in [1.82, 2.24) is 10.9 Å². The van der Waals surface area contributed by atoms with Gasteiger partial charge in [0.25, 0.3) is 0 Å². The van der Waals surface area contributed by atoms with Crippen molar-refractivity contribution in [3.63, 3.8) is 0 Å². The third-order valence-electron chi connectivity index (χ3n) is 3.87. The van der Waals surface area contributed by atoms with Crippen LogP contribution in [0.1, 0.15) is 23.1 Å². The fraction of sp³-hybridized carbons (Fsp3) is 0.250. The summed E-state index contributed by atoms with van der Waals surface area (Å²) in [4.78, 5) is 0. The zero-order chi connectivity index (χ0) is 14.8. The minimum atomic E-state index is -0.0955. The predicted octanol–water partition coefficient (Wildman–Crippen LogP) is 2.04. The van der Waals surface area contributed by atoms with E-state index in [1.54, 1.807) is 19.2 Å². The number of hydrogen-bond acceptors (Lipinski definition) is 5. The molecule has 1 fully saturated rings. The molecule has 1 saturated heterocycles. The number of hydrazine groups is 1. The van der Waals surface area contributed by atoms with Gasteiger partial charge < -0.3 is 14.9 Å². The second kappa shape index (κ2) is 5.63. The van der Waals surface area contributed by atoms with E-state index in [-0.39, 0.29) is 23.5 Å². The van der Waals surface area contributed by atoms with Crippen LogP contribution >= 0.6 is 0 Å². The first-order chi connectivity index (χ1) is 10.2. The number of phenols is 2. The molecule has 0 radical (unpaired) electrons. The minimum absolute atomic E-state index is 0.0519. The fourth-order valence-electron chi connectivity index (χ4n) is 2.85. The normalized spacial score (nSPS) is 21.4. The molecule has 2 atom stereocenters. The number of phenolic OH excluding ortho intramolecular Hbond substituents is 2. The number of para-hydroxylation sites is 1. The van der Waals surface area contributed by atoms with Gasteiger partial charge >= 0.3 is 0 Å². The van der Waals surface area contributed by atoms with E-state index in [9.17, 15) is 10.2 Å². The molecule has 0 amide bonds. The van der Waals surface area contributed by atoms with Crippen molar-refractivity contribution >= 4 is 0 Å². The lowest BCUT2D eigenvalue weighted by Gasteiger charge is -2.22. The van der Waals surface area contributed by atoms with Gasteiger partial charge in [-0.25, -0.2) is 5.43 Å². The highest BCUT2D eigenvalue weighted by Crippen LogP contribution is 2.41. The van der Waals surface area contributed by atoms with Crippen LogP contribution in [0.15, 0.2) is 42.5 Å². The fourth-order valence-corrected chi connectivity index (χ4v) is 2.85. The van der Waals surface area contributed by atoms with Gasteiger partial charge in [-0.05, 0) is 12.1 Å². The number of nitrogens with one attached hydrogen (secondary N) is 2. The molecule has 1 aliphatic rings. The lowest BCUT2D eigenvalue weighted by Crippen LogP contribution is -2.24. The van der Waals surface area contributed by atoms with E-state index in [0.717, 1.165) is 23.4 Å². The maximum Gasteiger partial charge on any atom is 0.124 e. The highest BCUT2D eigenvalue weighted by molar-refractivity contribution is 5.45. The Bertz CT molecular complexity index is 645. The van der Waals surface area contributed by atoms with Crippen LogP contribution in [0.5, 0.6) is 17.2 Å². The SMILES string of the molecule is COc1ccccc1C1CNNC1c1ccc(O)cc1O. The molecule has 3 rings (SSSR count). The summed E-state index contributed by atoms with van der Waals surface area (Å²) in [7, 11) is 1.65. The Labute approximate surface area is 123 Å². The number of benzene rings is 2. The Morgan fingerprint density at radius 3 is 2.67 bits per heavy atom. The van der Waals surface area contributed by atoms with Crippen molar-refractivity contribution in [2.75, 3.05) is 13.7 Å². The zero-order valence-corrected chi connectivity index (χ0v) is 11.7. The standard InChI is InChI=1S/C16H18N2O3/c1-21-15-5-3-2-4-11(15)13-9-17-18-16(13)12-7-6-10(19)8-14(12)20/h2-8,13,16-20H,9H2,1H3. The molecule has 5 nitrogen and oxygen atoms in total. The van der Waals surface area contributed by atoms with E-state index in [1.165, 1.54) is 6.07 Å². The Morgan fingerprint density at radius 1 is 1.10 bits per heavy atom. The van der Waals surface area contributed by atoms with Gasteiger partial charge in [-0.3, -0.25) is 5.43 Å². The highest BCUT2D eigenvalue weighted by Gasteiger charge is 2.33. The molecule has 2 aromatic rings. The van der Waals surface area contributed by atoms with Crippen molar-refractivity contribution in [3.8, 4) is 17.2 Å². The molecule has 1 aliphatic heterocycles. The van der Waals surface area contributed by atoms with Crippen LogP contribution in [-0.4, -0.2) is 23.9 Å². The maximum absolute atomic E-state index is 10.1. The van der Waals surface area contributed by atoms with Crippen LogP contribution in [0.4, 0.5) is 0 Å². The lowest BCUT2D eigenvalue weighted by molar-refractivity contribution is 0.400. The summed E-state index contributed by atoms with van der Waals surface area (Å²) in [5.41, 5.74) is 8.14. The summed E-state index contributed by atoms with van der Waals surface area (Å²) in [6, 6.07) is 12.4. The van der Waals surface area contributed by atoms with E-state index in [2.05, 4.69) is 10.9 Å². The number of aromatic hydroxyl groups is 2. The molecule has 5 heteroatoms. The van der Waals surface area contributed by atoms with Crippen LogP contribution in [-0.2, 0) is 0 Å². The van der Waals surface area contributed by atoms with Crippen LogP contribution in [0.25, 0.3) is 0 Å². The summed E-state index contributed by atoms with van der Waals surface area (Å²) in [6.45, 7) is 0.728. The first kappa shape index (κ1) is 13.7. The number of methoxy groups -OCH3 is 1. The molecule has 0 aliphatic carbocycles. The van der Waals surface area contributed by atoms with Crippen molar-refractivity contribution in [1.29, 1.82) is 0 Å². The Morgan fingerprint density at radius 2 is 1.90 bits per heavy atom. The van der Waals surface area contributed by atoms with E-state index >= 15 is 0 Å². The largest absolute Gasteiger partial charge is 0.508 e. The monoisotopic (exact) mass is 286 g/mol. The third kappa shape index (κ3) is 2.53. The van der Waals surface area contributed by atoms with Gasteiger partial charge in [0.05, 0.1) is 13.2 Å². The molecule has 2 unspecified atom stereocenters. The summed E-state index contributed by atoms with van der Waals surface area (Å²) in [5.74, 6) is 1.08. The van der Waals surface area contributed by atoms with Crippen LogP contribution < -0.4 is 15.6 Å². The van der Waals surface area contributed by atoms with Gasteiger partial charge in [-0.1, -0.05) is 24.3 Å². The average molecular weight is 286 g/mol. The topological polar surface area (TPSA) is 73.8 Å². The number of hydrogen-bond donors (Lipinski definition) is 4. The van der Waals surface area contributed by atoms with E-state index in [1.807, 2.05) is 24.3 Å². The maximum atomic E-state index is 10.1. The molecule has 110 valence electrons. The van der Waals surface area contributed by atoms with Crippen LogP contribution in [0.2, 0.25) is 0 Å². The highest BCUT2D eigenvalue weighted by atomic mass is 16.5. The van der Waals surface area contributed by atoms with E-state index < -0.39 is 0 Å². The van der Waals surface area contributed by atoms with Crippen molar-refractivity contribution in [2.45, 2.75) is 12.0 Å². The summed E-state index contributed by atoms with van der Waals surface area (Å²) < 4.78 is 5.43. The summed E-state index contributed by atoms with van der Waals surface area (Å²) in [6.07, 6.45) is 0. The first-order valence-electron chi connectivity index (χ1n) is 6.84. The molecule has 1 heterocycles. The van der Waals surface area contributed by atoms with Crippen molar-refractivity contribution < 1.29 is 14.9 Å². The Hall–Kier alpha value is -2.24. The van der Waals surface area contributed by atoms with Gasteiger partial charge in [0.2, 0.25) is 0 Å². The van der Waals surface area contributed by atoms with Gasteiger partial charge in [0, 0.05) is 29.7 Å². The van der Waals surface area contributed by atoms with Gasteiger partial charge in [0.1, 0.15) is 17.2 Å². The summed E-state index contributed by atoms with van der Waals surface area (Å²) in [5, 5.41) is 19.5. The predicted molar refractivity (Wildman–Crippen MR) is 79.4 cm³/mol. The van der Waals surface area contributed by atoms with Crippen LogP contribution in [0, 0.1) is 0 Å². The van der Waals surface area contributed by atoms with Crippen molar-refractivity contribution in [2.24, 2.45) is 0 Å². The van der Waals surface area contributed by atoms with Gasteiger partial charge in [-0.15, -0.1) is 0 Å². The molecule has 2 aromatic carbocycles. The minimum Gasteiger partial charge on any atom is -0.508 e. The van der Waals surface area contributed by atoms with Crippen LogP contribution in [0.3, 0.4) is 0 Å². The molecule has 21 heavy (non-hydrogen) atoms. The van der Waals surface area contributed by atoms with E-state index in [0.29, 0.717) is 0 Å². The molecule has 4 N–H and O–H groups in total.